The molecule has 3 N–H and O–H groups in total. The SMILES string of the molecule is CCCCCCCCCCCCCCCCCCCCCC(=O)NC(COP(=O)(O)OCC[N+](C)(C)C)C(O)CCCCCCCCCCCCCCC. The van der Waals surface area contributed by atoms with Gasteiger partial charge in [0, 0.05) is 6.42 Å². The second kappa shape index (κ2) is 38.0. The van der Waals surface area contributed by atoms with Crippen LogP contribution in [0.15, 0.2) is 0 Å². The van der Waals surface area contributed by atoms with Gasteiger partial charge in [-0.05, 0) is 12.8 Å². The molecule has 0 fully saturated rings. The van der Waals surface area contributed by atoms with Gasteiger partial charge in [-0.25, -0.2) is 4.57 Å². The molecule has 0 aliphatic heterocycles. The number of phosphoric acid groups is 1. The quantitative estimate of drug-likeness (QED) is 0.0323. The summed E-state index contributed by atoms with van der Waals surface area (Å²) < 4.78 is 23.6. The van der Waals surface area contributed by atoms with Crippen LogP contribution in [0.4, 0.5) is 0 Å². The van der Waals surface area contributed by atoms with Crippen molar-refractivity contribution in [2.45, 2.75) is 244 Å². The topological polar surface area (TPSA) is 105 Å². The molecule has 0 aliphatic rings. The number of aliphatic hydroxyl groups excluding tert-OH is 1. The van der Waals surface area contributed by atoms with Crippen molar-refractivity contribution >= 4 is 13.7 Å². The number of likely N-dealkylation sites (N-methyl/N-ethyl adjacent to an activating group) is 1. The van der Waals surface area contributed by atoms with E-state index in [1.165, 1.54) is 167 Å². The number of nitrogens with one attached hydrogen (secondary N) is 1. The van der Waals surface area contributed by atoms with Crippen molar-refractivity contribution in [1.29, 1.82) is 0 Å². The average molecular weight is 790 g/mol. The Labute approximate surface area is 336 Å². The number of unbranched alkanes of at least 4 members (excludes halogenated alkanes) is 30. The summed E-state index contributed by atoms with van der Waals surface area (Å²) in [6, 6.07) is -0.752. The lowest BCUT2D eigenvalue weighted by Gasteiger charge is -2.26. The van der Waals surface area contributed by atoms with Gasteiger partial charge in [-0.1, -0.05) is 213 Å². The van der Waals surface area contributed by atoms with Gasteiger partial charge in [0.15, 0.2) is 0 Å². The molecule has 0 heterocycles. The van der Waals surface area contributed by atoms with E-state index >= 15 is 0 Å². The number of phosphoric ester groups is 1. The minimum atomic E-state index is -4.31. The van der Waals surface area contributed by atoms with Crippen molar-refractivity contribution in [2.24, 2.45) is 0 Å². The van der Waals surface area contributed by atoms with E-state index in [4.69, 9.17) is 9.05 Å². The summed E-state index contributed by atoms with van der Waals surface area (Å²) in [7, 11) is 1.63. The zero-order chi connectivity index (χ0) is 40.0. The molecule has 0 aromatic carbocycles. The fraction of sp³-hybridized carbons (Fsp3) is 0.978. The third-order valence-corrected chi connectivity index (χ3v) is 11.8. The van der Waals surface area contributed by atoms with Gasteiger partial charge in [-0.15, -0.1) is 0 Å². The highest BCUT2D eigenvalue weighted by Crippen LogP contribution is 2.43. The molecule has 1 amide bonds. The summed E-state index contributed by atoms with van der Waals surface area (Å²) in [6.45, 7) is 4.91. The predicted molar refractivity (Wildman–Crippen MR) is 231 cm³/mol. The Bertz CT molecular complexity index is 855. The number of quaternary nitrogens is 1. The molecule has 0 aromatic heterocycles. The number of aliphatic hydroxyl groups is 1. The fourth-order valence-corrected chi connectivity index (χ4v) is 7.84. The summed E-state index contributed by atoms with van der Waals surface area (Å²) in [5, 5.41) is 14.0. The molecular weight excluding hydrogens is 695 g/mol. The minimum absolute atomic E-state index is 0.0786. The van der Waals surface area contributed by atoms with Crippen LogP contribution in [0.3, 0.4) is 0 Å². The van der Waals surface area contributed by atoms with E-state index in [0.29, 0.717) is 23.9 Å². The number of hydrogen-bond acceptors (Lipinski definition) is 5. The lowest BCUT2D eigenvalue weighted by atomic mass is 10.0. The van der Waals surface area contributed by atoms with Crippen LogP contribution in [-0.2, 0) is 18.4 Å². The highest BCUT2D eigenvalue weighted by molar-refractivity contribution is 7.47. The molecule has 0 bridgehead atoms. The van der Waals surface area contributed by atoms with Crippen molar-refractivity contribution < 1.29 is 32.9 Å². The van der Waals surface area contributed by atoms with E-state index in [9.17, 15) is 19.4 Å². The predicted octanol–water partition coefficient (Wildman–Crippen LogP) is 13.0. The van der Waals surface area contributed by atoms with Gasteiger partial charge in [0.25, 0.3) is 0 Å². The van der Waals surface area contributed by atoms with Crippen molar-refractivity contribution in [3.05, 3.63) is 0 Å². The van der Waals surface area contributed by atoms with E-state index < -0.39 is 20.0 Å². The Morgan fingerprint density at radius 2 is 0.889 bits per heavy atom. The molecule has 3 atom stereocenters. The first-order valence-corrected chi connectivity index (χ1v) is 24.9. The number of carbonyl (C=O) groups is 1. The maximum atomic E-state index is 12.9. The molecule has 0 spiro atoms. The van der Waals surface area contributed by atoms with E-state index in [-0.39, 0.29) is 19.1 Å². The van der Waals surface area contributed by atoms with Crippen molar-refractivity contribution in [3.63, 3.8) is 0 Å². The summed E-state index contributed by atoms with van der Waals surface area (Å²) in [4.78, 5) is 23.2. The van der Waals surface area contributed by atoms with Crippen molar-refractivity contribution in [3.8, 4) is 0 Å². The summed E-state index contributed by atoms with van der Waals surface area (Å²) >= 11 is 0. The average Bonchev–Trinajstić information content (AvgIpc) is 3.12. The van der Waals surface area contributed by atoms with Gasteiger partial charge in [-0.3, -0.25) is 13.8 Å². The number of amides is 1. The lowest BCUT2D eigenvalue weighted by molar-refractivity contribution is -0.870. The molecule has 9 heteroatoms. The molecule has 0 rings (SSSR count). The molecule has 3 unspecified atom stereocenters. The number of rotatable bonds is 43. The number of nitrogens with zero attached hydrogens (tertiary/aromatic N) is 1. The summed E-state index contributed by atoms with van der Waals surface area (Å²) in [5.74, 6) is -0.140. The van der Waals surface area contributed by atoms with Crippen LogP contribution < -0.4 is 5.32 Å². The van der Waals surface area contributed by atoms with Gasteiger partial charge in [0.1, 0.15) is 13.2 Å². The van der Waals surface area contributed by atoms with Gasteiger partial charge in [0.05, 0.1) is 39.9 Å². The first-order chi connectivity index (χ1) is 26.0. The monoisotopic (exact) mass is 790 g/mol. The van der Waals surface area contributed by atoms with Gasteiger partial charge in [0.2, 0.25) is 5.91 Å². The standard InChI is InChI=1S/C45H93N2O6P/c1-6-8-10-12-14-16-18-20-21-22-23-24-25-27-29-31-33-35-37-39-45(49)46-43(42-53-54(50,51)52-41-40-47(3,4)5)44(48)38-36-34-32-30-28-26-19-17-15-13-11-9-7-2/h43-44,48H,6-42H2,1-5H3,(H-,46,49,50,51)/p+1. The second-order valence-electron chi connectivity index (χ2n) is 17.5. The summed E-state index contributed by atoms with van der Waals surface area (Å²) in [5.41, 5.74) is 0. The molecule has 0 saturated heterocycles. The first-order valence-electron chi connectivity index (χ1n) is 23.4. The molecule has 0 radical (unpaired) electrons. The van der Waals surface area contributed by atoms with Crippen LogP contribution in [0.2, 0.25) is 0 Å². The van der Waals surface area contributed by atoms with Crippen LogP contribution in [0, 0.1) is 0 Å². The van der Waals surface area contributed by atoms with E-state index in [1.54, 1.807) is 0 Å². The normalized spacial score (nSPS) is 14.3. The Kier molecular flexibility index (Phi) is 37.7. The summed E-state index contributed by atoms with van der Waals surface area (Å²) in [6.07, 6.45) is 41.2. The van der Waals surface area contributed by atoms with Gasteiger partial charge in [-0.2, -0.15) is 0 Å². The molecule has 54 heavy (non-hydrogen) atoms. The third-order valence-electron chi connectivity index (χ3n) is 10.9. The first kappa shape index (κ1) is 53.5. The maximum Gasteiger partial charge on any atom is 0.472 e. The zero-order valence-corrected chi connectivity index (χ0v) is 37.6. The second-order valence-corrected chi connectivity index (χ2v) is 19.0. The van der Waals surface area contributed by atoms with Crippen LogP contribution >= 0.6 is 7.82 Å². The number of hydrogen-bond donors (Lipinski definition) is 3. The third kappa shape index (κ3) is 39.7. The van der Waals surface area contributed by atoms with Gasteiger partial charge >= 0.3 is 7.82 Å². The van der Waals surface area contributed by atoms with Crippen LogP contribution in [-0.4, -0.2) is 73.4 Å². The van der Waals surface area contributed by atoms with Crippen LogP contribution in [0.25, 0.3) is 0 Å². The minimum Gasteiger partial charge on any atom is -0.391 e. The molecule has 324 valence electrons. The van der Waals surface area contributed by atoms with Crippen LogP contribution in [0.1, 0.15) is 232 Å². The van der Waals surface area contributed by atoms with E-state index in [1.807, 2.05) is 21.1 Å². The molecular formula is C45H94N2O6P+. The lowest BCUT2D eigenvalue weighted by Crippen LogP contribution is -2.46. The van der Waals surface area contributed by atoms with E-state index in [2.05, 4.69) is 19.2 Å². The maximum absolute atomic E-state index is 12.9. The zero-order valence-electron chi connectivity index (χ0n) is 36.7. The highest BCUT2D eigenvalue weighted by atomic mass is 31.2. The van der Waals surface area contributed by atoms with Crippen molar-refractivity contribution in [2.75, 3.05) is 40.9 Å². The molecule has 0 saturated carbocycles. The Morgan fingerprint density at radius 1 is 0.556 bits per heavy atom. The van der Waals surface area contributed by atoms with Crippen molar-refractivity contribution in [1.82, 2.24) is 5.32 Å². The van der Waals surface area contributed by atoms with Gasteiger partial charge < -0.3 is 19.8 Å². The number of carbonyl (C=O) groups excluding carboxylic acids is 1. The van der Waals surface area contributed by atoms with E-state index in [0.717, 1.165) is 38.5 Å². The largest absolute Gasteiger partial charge is 0.472 e. The molecule has 8 nitrogen and oxygen atoms in total. The Hall–Kier alpha value is -0.500. The Balaban J connectivity index is 4.26. The molecule has 0 aliphatic carbocycles. The molecule has 0 aromatic rings. The van der Waals surface area contributed by atoms with Crippen LogP contribution in [0.5, 0.6) is 0 Å². The highest BCUT2D eigenvalue weighted by Gasteiger charge is 2.28. The fourth-order valence-electron chi connectivity index (χ4n) is 7.11. The Morgan fingerprint density at radius 3 is 1.24 bits per heavy atom. The smallest absolute Gasteiger partial charge is 0.391 e.